The van der Waals surface area contributed by atoms with Gasteiger partial charge < -0.3 is 5.32 Å². The van der Waals surface area contributed by atoms with E-state index in [2.05, 4.69) is 26.1 Å². The predicted molar refractivity (Wildman–Crippen MR) is 123 cm³/mol. The van der Waals surface area contributed by atoms with Crippen molar-refractivity contribution in [1.29, 1.82) is 0 Å². The number of hydrogen-bond donors (Lipinski definition) is 1. The molecule has 4 nitrogen and oxygen atoms in total. The second kappa shape index (κ2) is 6.66. The van der Waals surface area contributed by atoms with Crippen LogP contribution in [-0.4, -0.2) is 14.2 Å². The molecule has 1 aliphatic carbocycles. The monoisotopic (exact) mass is 429 g/mol. The molecule has 0 aromatic heterocycles. The number of carbonyl (C=O) groups is 1. The maximum Gasteiger partial charge on any atom is 0.193 e. The number of sulfone groups is 1. The van der Waals surface area contributed by atoms with Gasteiger partial charge in [-0.15, -0.1) is 0 Å². The fourth-order valence-corrected chi connectivity index (χ4v) is 6.42. The Morgan fingerprint density at radius 1 is 0.806 bits per heavy atom. The van der Waals surface area contributed by atoms with Gasteiger partial charge in [0.05, 0.1) is 16.3 Å². The highest BCUT2D eigenvalue weighted by molar-refractivity contribution is 7.92. The van der Waals surface area contributed by atoms with Crippen molar-refractivity contribution >= 4 is 27.0 Å². The highest BCUT2D eigenvalue weighted by Crippen LogP contribution is 2.49. The average molecular weight is 430 g/mol. The molecular weight excluding hydrogens is 406 g/mol. The normalized spacial score (nSPS) is 19.2. The molecule has 0 radical (unpaired) electrons. The SMILES string of the molecule is CC(C)(C)c1ccc(C2C3=C(Nc4ccccc4S2(=O)=O)c2ccccc2C3=O)cc1. The smallest absolute Gasteiger partial charge is 0.193 e. The van der Waals surface area contributed by atoms with Crippen LogP contribution in [0.15, 0.2) is 83.3 Å². The van der Waals surface area contributed by atoms with Gasteiger partial charge >= 0.3 is 0 Å². The number of benzene rings is 3. The summed E-state index contributed by atoms with van der Waals surface area (Å²) < 4.78 is 27.8. The van der Waals surface area contributed by atoms with Crippen LogP contribution in [0.2, 0.25) is 0 Å². The number of para-hydroxylation sites is 1. The van der Waals surface area contributed by atoms with Gasteiger partial charge in [-0.2, -0.15) is 0 Å². The molecule has 31 heavy (non-hydrogen) atoms. The lowest BCUT2D eigenvalue weighted by atomic mass is 9.86. The molecule has 0 fully saturated rings. The largest absolute Gasteiger partial charge is 0.354 e. The Morgan fingerprint density at radius 3 is 2.10 bits per heavy atom. The van der Waals surface area contributed by atoms with Crippen molar-refractivity contribution in [2.75, 3.05) is 5.32 Å². The van der Waals surface area contributed by atoms with Crippen LogP contribution < -0.4 is 5.32 Å². The number of hydrogen-bond acceptors (Lipinski definition) is 4. The Labute approximate surface area is 182 Å². The van der Waals surface area contributed by atoms with Gasteiger partial charge in [0.15, 0.2) is 15.6 Å². The summed E-state index contributed by atoms with van der Waals surface area (Å²) in [6, 6.07) is 21.8. The lowest BCUT2D eigenvalue weighted by Gasteiger charge is -2.22. The van der Waals surface area contributed by atoms with Crippen molar-refractivity contribution in [3.05, 3.63) is 101 Å². The highest BCUT2D eigenvalue weighted by atomic mass is 32.2. The molecular formula is C26H23NO3S. The summed E-state index contributed by atoms with van der Waals surface area (Å²) in [7, 11) is -3.87. The molecule has 0 saturated heterocycles. The number of nitrogens with one attached hydrogen (secondary N) is 1. The van der Waals surface area contributed by atoms with E-state index in [0.29, 0.717) is 28.1 Å². The summed E-state index contributed by atoms with van der Waals surface area (Å²) in [5.41, 5.74) is 4.29. The topological polar surface area (TPSA) is 63.2 Å². The van der Waals surface area contributed by atoms with Gasteiger partial charge in [0.1, 0.15) is 5.25 Å². The average Bonchev–Trinajstić information content (AvgIpc) is 2.94. The minimum atomic E-state index is -3.87. The highest BCUT2D eigenvalue weighted by Gasteiger charge is 2.45. The Bertz CT molecular complexity index is 1360. The Kier molecular flexibility index (Phi) is 4.25. The van der Waals surface area contributed by atoms with Crippen molar-refractivity contribution < 1.29 is 13.2 Å². The molecule has 2 aliphatic rings. The van der Waals surface area contributed by atoms with E-state index >= 15 is 0 Å². The second-order valence-corrected chi connectivity index (χ2v) is 11.1. The van der Waals surface area contributed by atoms with Gasteiger partial charge in [-0.1, -0.05) is 81.4 Å². The zero-order valence-corrected chi connectivity index (χ0v) is 18.5. The van der Waals surface area contributed by atoms with Crippen LogP contribution in [0.25, 0.3) is 5.70 Å². The molecule has 1 aliphatic heterocycles. The fraction of sp³-hybridized carbons (Fsp3) is 0.192. The molecule has 1 N–H and O–H groups in total. The standard InChI is InChI=1S/C26H23NO3S/c1-26(2,3)17-14-12-16(13-15-17)25-22-23(18-8-4-5-9-19(18)24(22)28)27-20-10-6-7-11-21(20)31(25,29)30/h4-15,25,27H,1-3H3. The fourth-order valence-electron chi connectivity index (χ4n) is 4.43. The van der Waals surface area contributed by atoms with Crippen LogP contribution in [0.3, 0.4) is 0 Å². The summed E-state index contributed by atoms with van der Waals surface area (Å²) >= 11 is 0. The third kappa shape index (κ3) is 2.95. The molecule has 156 valence electrons. The van der Waals surface area contributed by atoms with Crippen molar-refractivity contribution in [3.63, 3.8) is 0 Å². The van der Waals surface area contributed by atoms with Gasteiger partial charge in [0.25, 0.3) is 0 Å². The number of anilines is 1. The number of rotatable bonds is 1. The number of Topliss-reactive ketones (excluding diaryl/α,β-unsaturated/α-hetero) is 1. The van der Waals surface area contributed by atoms with Gasteiger partial charge in [-0.05, 0) is 28.7 Å². The van der Waals surface area contributed by atoms with E-state index in [1.54, 1.807) is 36.4 Å². The first-order chi connectivity index (χ1) is 14.7. The van der Waals surface area contributed by atoms with E-state index in [1.165, 1.54) is 0 Å². The van der Waals surface area contributed by atoms with Gasteiger partial charge in [-0.25, -0.2) is 8.42 Å². The molecule has 1 atom stereocenters. The molecule has 5 rings (SSSR count). The third-order valence-electron chi connectivity index (χ3n) is 6.06. The number of ketones is 1. The van der Waals surface area contributed by atoms with Crippen molar-refractivity contribution in [2.24, 2.45) is 0 Å². The van der Waals surface area contributed by atoms with E-state index in [1.807, 2.05) is 36.4 Å². The summed E-state index contributed by atoms with van der Waals surface area (Å²) in [6.45, 7) is 6.34. The summed E-state index contributed by atoms with van der Waals surface area (Å²) in [5, 5.41) is 2.20. The van der Waals surface area contributed by atoms with Crippen molar-refractivity contribution in [1.82, 2.24) is 0 Å². The zero-order valence-electron chi connectivity index (χ0n) is 17.6. The van der Waals surface area contributed by atoms with Crippen LogP contribution in [0.1, 0.15) is 53.1 Å². The first-order valence-corrected chi connectivity index (χ1v) is 11.8. The Balaban J connectivity index is 1.79. The van der Waals surface area contributed by atoms with Gasteiger partial charge in [0.2, 0.25) is 0 Å². The molecule has 1 unspecified atom stereocenters. The molecule has 3 aromatic rings. The van der Waals surface area contributed by atoms with Gasteiger partial charge in [0, 0.05) is 16.7 Å². The van der Waals surface area contributed by atoms with E-state index < -0.39 is 15.1 Å². The number of fused-ring (bicyclic) bond motifs is 3. The van der Waals surface area contributed by atoms with E-state index in [-0.39, 0.29) is 16.1 Å². The lowest BCUT2D eigenvalue weighted by Crippen LogP contribution is -2.19. The molecule has 0 spiro atoms. The maximum absolute atomic E-state index is 13.9. The first-order valence-electron chi connectivity index (χ1n) is 10.3. The van der Waals surface area contributed by atoms with Crippen molar-refractivity contribution in [2.45, 2.75) is 36.3 Å². The van der Waals surface area contributed by atoms with Crippen LogP contribution >= 0.6 is 0 Å². The molecule has 3 aromatic carbocycles. The van der Waals surface area contributed by atoms with E-state index in [0.717, 1.165) is 11.1 Å². The maximum atomic E-state index is 13.9. The molecule has 0 saturated carbocycles. The summed E-state index contributed by atoms with van der Waals surface area (Å²) in [5.74, 6) is -0.237. The zero-order chi connectivity index (χ0) is 22.0. The molecule has 0 bridgehead atoms. The summed E-state index contributed by atoms with van der Waals surface area (Å²) in [6.07, 6.45) is 0. The van der Waals surface area contributed by atoms with Gasteiger partial charge in [-0.3, -0.25) is 4.79 Å². The predicted octanol–water partition coefficient (Wildman–Crippen LogP) is 5.53. The Morgan fingerprint density at radius 2 is 1.42 bits per heavy atom. The molecule has 0 amide bonds. The number of carbonyl (C=O) groups excluding carboxylic acids is 1. The summed E-state index contributed by atoms with van der Waals surface area (Å²) in [4.78, 5) is 13.7. The second-order valence-electron chi connectivity index (χ2n) is 9.08. The van der Waals surface area contributed by atoms with Crippen molar-refractivity contribution in [3.8, 4) is 0 Å². The lowest BCUT2D eigenvalue weighted by molar-refractivity contribution is 0.103. The van der Waals surface area contributed by atoms with Crippen LogP contribution in [0.4, 0.5) is 5.69 Å². The van der Waals surface area contributed by atoms with E-state index in [9.17, 15) is 13.2 Å². The quantitative estimate of drug-likeness (QED) is 0.552. The minimum Gasteiger partial charge on any atom is -0.354 e. The van der Waals surface area contributed by atoms with Crippen LogP contribution in [0.5, 0.6) is 0 Å². The van der Waals surface area contributed by atoms with Crippen LogP contribution in [0, 0.1) is 0 Å². The third-order valence-corrected chi connectivity index (χ3v) is 8.16. The molecule has 5 heteroatoms. The van der Waals surface area contributed by atoms with E-state index in [4.69, 9.17) is 0 Å². The minimum absolute atomic E-state index is 0.0567. The Hall–Kier alpha value is -3.18. The molecule has 1 heterocycles. The van der Waals surface area contributed by atoms with Crippen LogP contribution in [-0.2, 0) is 15.3 Å². The first kappa shape index (κ1) is 19.8.